The molecule has 110 valence electrons. The molecule has 1 aromatic heterocycles. The summed E-state index contributed by atoms with van der Waals surface area (Å²) < 4.78 is 1.79. The molecule has 0 spiro atoms. The number of fused-ring (bicyclic) bond motifs is 1. The summed E-state index contributed by atoms with van der Waals surface area (Å²) >= 11 is 0. The lowest BCUT2D eigenvalue weighted by molar-refractivity contribution is 0.0947. The van der Waals surface area contributed by atoms with Crippen LogP contribution in [0.2, 0.25) is 0 Å². The molecule has 2 heterocycles. The van der Waals surface area contributed by atoms with Crippen molar-refractivity contribution in [1.29, 1.82) is 0 Å². The van der Waals surface area contributed by atoms with Gasteiger partial charge >= 0.3 is 0 Å². The maximum absolute atomic E-state index is 11.9. The normalized spacial score (nSPS) is 14.0. The van der Waals surface area contributed by atoms with E-state index in [0.29, 0.717) is 12.2 Å². The van der Waals surface area contributed by atoms with Gasteiger partial charge in [-0.25, -0.2) is 5.84 Å². The van der Waals surface area contributed by atoms with E-state index < -0.39 is 0 Å². The topological polar surface area (TPSA) is 76.2 Å². The van der Waals surface area contributed by atoms with Gasteiger partial charge in [0.25, 0.3) is 5.91 Å². The number of hydrogen-bond acceptors (Lipinski definition) is 4. The summed E-state index contributed by atoms with van der Waals surface area (Å²) in [7, 11) is 1.87. The second-order valence-electron chi connectivity index (χ2n) is 5.38. The van der Waals surface area contributed by atoms with Crippen molar-refractivity contribution in [3.63, 3.8) is 0 Å². The maximum atomic E-state index is 11.9. The Morgan fingerprint density at radius 2 is 2.24 bits per heavy atom. The maximum Gasteiger partial charge on any atom is 0.286 e. The fourth-order valence-electron chi connectivity index (χ4n) is 2.89. The highest BCUT2D eigenvalue weighted by molar-refractivity contribution is 5.93. The third kappa shape index (κ3) is 2.38. The molecule has 6 heteroatoms. The van der Waals surface area contributed by atoms with Gasteiger partial charge in [-0.15, -0.1) is 0 Å². The van der Waals surface area contributed by atoms with E-state index in [1.54, 1.807) is 4.68 Å². The number of aryl methyl sites for hydroxylation is 2. The quantitative estimate of drug-likeness (QED) is 0.488. The van der Waals surface area contributed by atoms with Crippen molar-refractivity contribution in [2.75, 3.05) is 11.4 Å². The van der Waals surface area contributed by atoms with Crippen molar-refractivity contribution < 1.29 is 4.79 Å². The number of rotatable bonds is 2. The molecule has 1 aliphatic rings. The molecular formula is C15H19N5O. The minimum atomic E-state index is -0.335. The number of nitrogens with zero attached hydrogens (tertiary/aromatic N) is 3. The van der Waals surface area contributed by atoms with Crippen LogP contribution in [0, 0.1) is 6.92 Å². The Balaban J connectivity index is 1.96. The molecule has 1 aromatic carbocycles. The summed E-state index contributed by atoms with van der Waals surface area (Å²) in [4.78, 5) is 14.1. The SMILES string of the molecule is Cc1cccc(N2CCc3c(c(C(=O)NN)nn3C)C2)c1. The number of hydrogen-bond donors (Lipinski definition) is 2. The number of nitrogen functional groups attached to an aromatic ring is 1. The molecule has 0 fully saturated rings. The van der Waals surface area contributed by atoms with Crippen LogP contribution in [-0.2, 0) is 20.0 Å². The van der Waals surface area contributed by atoms with E-state index in [0.717, 1.165) is 24.2 Å². The molecule has 0 saturated carbocycles. The van der Waals surface area contributed by atoms with Crippen LogP contribution in [0.25, 0.3) is 0 Å². The predicted molar refractivity (Wildman–Crippen MR) is 80.8 cm³/mol. The molecule has 0 radical (unpaired) electrons. The molecule has 3 rings (SSSR count). The number of aromatic nitrogens is 2. The van der Waals surface area contributed by atoms with Crippen molar-refractivity contribution in [1.82, 2.24) is 15.2 Å². The lowest BCUT2D eigenvalue weighted by Gasteiger charge is -2.29. The fourth-order valence-corrected chi connectivity index (χ4v) is 2.89. The van der Waals surface area contributed by atoms with Crippen molar-refractivity contribution >= 4 is 11.6 Å². The van der Waals surface area contributed by atoms with Gasteiger partial charge < -0.3 is 4.90 Å². The molecule has 1 aliphatic heterocycles. The number of carbonyl (C=O) groups excluding carboxylic acids is 1. The first-order valence-corrected chi connectivity index (χ1v) is 6.97. The highest BCUT2D eigenvalue weighted by atomic mass is 16.2. The number of benzene rings is 1. The molecule has 6 nitrogen and oxygen atoms in total. The summed E-state index contributed by atoms with van der Waals surface area (Å²) in [5.41, 5.74) is 7.07. The molecule has 0 unspecified atom stereocenters. The number of amides is 1. The third-order valence-corrected chi connectivity index (χ3v) is 3.96. The zero-order valence-corrected chi connectivity index (χ0v) is 12.3. The van der Waals surface area contributed by atoms with Gasteiger partial charge in [-0.05, 0) is 24.6 Å². The average molecular weight is 285 g/mol. The van der Waals surface area contributed by atoms with E-state index in [1.807, 2.05) is 7.05 Å². The molecule has 2 aromatic rings. The Labute approximate surface area is 123 Å². The summed E-state index contributed by atoms with van der Waals surface area (Å²) in [6, 6.07) is 8.38. The number of nitrogens with two attached hydrogens (primary N) is 1. The number of nitrogens with one attached hydrogen (secondary N) is 1. The Bertz CT molecular complexity index is 691. The Morgan fingerprint density at radius 1 is 1.43 bits per heavy atom. The number of carbonyl (C=O) groups is 1. The van der Waals surface area contributed by atoms with Crippen LogP contribution < -0.4 is 16.2 Å². The zero-order valence-electron chi connectivity index (χ0n) is 12.3. The third-order valence-electron chi connectivity index (χ3n) is 3.96. The predicted octanol–water partition coefficient (Wildman–Crippen LogP) is 0.895. The lowest BCUT2D eigenvalue weighted by atomic mass is 10.0. The van der Waals surface area contributed by atoms with Gasteiger partial charge in [-0.3, -0.25) is 14.9 Å². The fraction of sp³-hybridized carbons (Fsp3) is 0.333. The number of hydrazine groups is 1. The molecular weight excluding hydrogens is 266 g/mol. The summed E-state index contributed by atoms with van der Waals surface area (Å²) in [5.74, 6) is 4.91. The molecule has 0 aliphatic carbocycles. The van der Waals surface area contributed by atoms with Crippen LogP contribution in [0.4, 0.5) is 5.69 Å². The van der Waals surface area contributed by atoms with Crippen LogP contribution >= 0.6 is 0 Å². The second kappa shape index (κ2) is 5.21. The van der Waals surface area contributed by atoms with E-state index in [-0.39, 0.29) is 5.91 Å². The minimum Gasteiger partial charge on any atom is -0.367 e. The first-order valence-electron chi connectivity index (χ1n) is 6.97. The van der Waals surface area contributed by atoms with Crippen LogP contribution in [0.5, 0.6) is 0 Å². The monoisotopic (exact) mass is 285 g/mol. The number of anilines is 1. The van der Waals surface area contributed by atoms with Crippen LogP contribution in [0.15, 0.2) is 24.3 Å². The van der Waals surface area contributed by atoms with Gasteiger partial charge in [0.05, 0.1) is 0 Å². The largest absolute Gasteiger partial charge is 0.367 e. The van der Waals surface area contributed by atoms with Crippen molar-refractivity contribution in [3.05, 3.63) is 46.8 Å². The average Bonchev–Trinajstić information content (AvgIpc) is 2.83. The first-order chi connectivity index (χ1) is 10.1. The van der Waals surface area contributed by atoms with Crippen molar-refractivity contribution in [3.8, 4) is 0 Å². The van der Waals surface area contributed by atoms with E-state index in [4.69, 9.17) is 5.84 Å². The standard InChI is InChI=1S/C15H19N5O/c1-10-4-3-5-11(8-10)20-7-6-13-12(9-20)14(15(21)17-16)18-19(13)2/h3-5,8H,6-7,9,16H2,1-2H3,(H,17,21). The Morgan fingerprint density at radius 3 is 2.95 bits per heavy atom. The van der Waals surface area contributed by atoms with Crippen molar-refractivity contribution in [2.45, 2.75) is 19.9 Å². The van der Waals surface area contributed by atoms with E-state index >= 15 is 0 Å². The highest BCUT2D eigenvalue weighted by Gasteiger charge is 2.27. The van der Waals surface area contributed by atoms with Gasteiger partial charge in [0, 0.05) is 43.5 Å². The highest BCUT2D eigenvalue weighted by Crippen LogP contribution is 2.26. The van der Waals surface area contributed by atoms with Gasteiger partial charge in [0.15, 0.2) is 5.69 Å². The minimum absolute atomic E-state index is 0.335. The summed E-state index contributed by atoms with van der Waals surface area (Å²) in [6.07, 6.45) is 0.866. The van der Waals surface area contributed by atoms with Crippen LogP contribution in [-0.4, -0.2) is 22.2 Å². The Hall–Kier alpha value is -2.34. The van der Waals surface area contributed by atoms with E-state index in [1.165, 1.54) is 11.3 Å². The summed E-state index contributed by atoms with van der Waals surface area (Å²) in [5, 5.41) is 4.31. The van der Waals surface area contributed by atoms with E-state index in [9.17, 15) is 4.79 Å². The van der Waals surface area contributed by atoms with Gasteiger partial charge in [0.2, 0.25) is 0 Å². The Kier molecular flexibility index (Phi) is 3.39. The van der Waals surface area contributed by atoms with Gasteiger partial charge in [-0.1, -0.05) is 12.1 Å². The lowest BCUT2D eigenvalue weighted by Crippen LogP contribution is -2.34. The molecule has 0 atom stereocenters. The van der Waals surface area contributed by atoms with Gasteiger partial charge in [0.1, 0.15) is 0 Å². The first kappa shape index (κ1) is 13.6. The molecule has 1 amide bonds. The van der Waals surface area contributed by atoms with Crippen LogP contribution in [0.1, 0.15) is 27.3 Å². The van der Waals surface area contributed by atoms with Gasteiger partial charge in [-0.2, -0.15) is 5.10 Å². The molecule has 3 N–H and O–H groups in total. The van der Waals surface area contributed by atoms with E-state index in [2.05, 4.69) is 46.6 Å². The second-order valence-corrected chi connectivity index (χ2v) is 5.38. The zero-order chi connectivity index (χ0) is 15.0. The van der Waals surface area contributed by atoms with Crippen molar-refractivity contribution in [2.24, 2.45) is 12.9 Å². The smallest absolute Gasteiger partial charge is 0.286 e. The summed E-state index contributed by atoms with van der Waals surface area (Å²) in [6.45, 7) is 3.67. The molecule has 0 saturated heterocycles. The molecule has 21 heavy (non-hydrogen) atoms. The van der Waals surface area contributed by atoms with Crippen LogP contribution in [0.3, 0.4) is 0 Å². The molecule has 0 bridgehead atoms.